The second-order valence-electron chi connectivity index (χ2n) is 7.53. The van der Waals surface area contributed by atoms with Gasteiger partial charge in [0.05, 0.1) is 6.42 Å². The van der Waals surface area contributed by atoms with Gasteiger partial charge >= 0.3 is 5.97 Å². The number of nitrogens with one attached hydrogen (secondary N) is 1. The fraction of sp³-hybridized carbons (Fsp3) is 0.867. The van der Waals surface area contributed by atoms with Crippen molar-refractivity contribution in [2.45, 2.75) is 73.0 Å². The molecule has 0 bridgehead atoms. The number of amides is 1. The number of hydrogen-bond donors (Lipinski definition) is 1. The Hall–Kier alpha value is -1.06. The van der Waals surface area contributed by atoms with Crippen molar-refractivity contribution >= 4 is 11.9 Å². The topological polar surface area (TPSA) is 55.4 Å². The summed E-state index contributed by atoms with van der Waals surface area (Å²) < 4.78 is 5.17. The summed E-state index contributed by atoms with van der Waals surface area (Å²) >= 11 is 0. The van der Waals surface area contributed by atoms with Crippen LogP contribution in [0.4, 0.5) is 0 Å². The molecule has 1 aliphatic rings. The maximum absolute atomic E-state index is 11.8. The predicted molar refractivity (Wildman–Crippen MR) is 74.6 cm³/mol. The molecule has 0 unspecified atom stereocenters. The van der Waals surface area contributed by atoms with Crippen LogP contribution in [0.1, 0.15) is 61.3 Å². The Morgan fingerprint density at radius 2 is 1.53 bits per heavy atom. The molecule has 0 aromatic carbocycles. The Morgan fingerprint density at radius 3 is 1.89 bits per heavy atom. The van der Waals surface area contributed by atoms with Crippen molar-refractivity contribution in [3.8, 4) is 0 Å². The summed E-state index contributed by atoms with van der Waals surface area (Å²) in [7, 11) is 0. The Labute approximate surface area is 116 Å². The highest BCUT2D eigenvalue weighted by Gasteiger charge is 2.65. The van der Waals surface area contributed by atoms with Crippen molar-refractivity contribution in [3.05, 3.63) is 0 Å². The van der Waals surface area contributed by atoms with Crippen molar-refractivity contribution in [2.24, 2.45) is 10.8 Å². The highest BCUT2D eigenvalue weighted by atomic mass is 16.6. The molecule has 0 aromatic rings. The maximum Gasteiger partial charge on any atom is 0.306 e. The second-order valence-corrected chi connectivity index (χ2v) is 7.53. The van der Waals surface area contributed by atoms with E-state index >= 15 is 0 Å². The first kappa shape index (κ1) is 16.0. The molecule has 0 aliphatic heterocycles. The quantitative estimate of drug-likeness (QED) is 0.798. The minimum Gasteiger partial charge on any atom is -0.460 e. The third kappa shape index (κ3) is 3.71. The Balaban J connectivity index is 2.33. The average Bonchev–Trinajstić information content (AvgIpc) is 2.55. The van der Waals surface area contributed by atoms with E-state index in [-0.39, 0.29) is 41.6 Å². The highest BCUT2D eigenvalue weighted by molar-refractivity contribution is 5.82. The molecule has 4 heteroatoms. The molecule has 1 N–H and O–H groups in total. The van der Waals surface area contributed by atoms with Gasteiger partial charge in [0.15, 0.2) is 0 Å². The van der Waals surface area contributed by atoms with E-state index in [2.05, 4.69) is 33.0 Å². The van der Waals surface area contributed by atoms with E-state index in [1.54, 1.807) is 0 Å². The van der Waals surface area contributed by atoms with Crippen molar-refractivity contribution < 1.29 is 14.3 Å². The van der Waals surface area contributed by atoms with Crippen LogP contribution < -0.4 is 5.32 Å². The fourth-order valence-electron chi connectivity index (χ4n) is 2.40. The lowest BCUT2D eigenvalue weighted by atomic mass is 10.0. The summed E-state index contributed by atoms with van der Waals surface area (Å²) in [6.45, 7) is 14.0. The summed E-state index contributed by atoms with van der Waals surface area (Å²) in [4.78, 5) is 23.3. The highest BCUT2D eigenvalue weighted by Crippen LogP contribution is 2.62. The van der Waals surface area contributed by atoms with Gasteiger partial charge in [-0.1, -0.05) is 27.7 Å². The van der Waals surface area contributed by atoms with Crippen LogP contribution in [-0.2, 0) is 14.3 Å². The fourth-order valence-corrected chi connectivity index (χ4v) is 2.40. The van der Waals surface area contributed by atoms with E-state index in [1.807, 2.05) is 20.8 Å². The number of carbonyl (C=O) groups excluding carboxylic acids is 2. The van der Waals surface area contributed by atoms with E-state index in [9.17, 15) is 9.59 Å². The van der Waals surface area contributed by atoms with E-state index in [0.29, 0.717) is 0 Å². The van der Waals surface area contributed by atoms with Gasteiger partial charge in [0, 0.05) is 12.5 Å². The largest absolute Gasteiger partial charge is 0.460 e. The number of hydrogen-bond acceptors (Lipinski definition) is 3. The van der Waals surface area contributed by atoms with E-state index in [4.69, 9.17) is 4.74 Å². The molecule has 0 spiro atoms. The Bertz CT molecular complexity index is 363. The molecule has 1 fully saturated rings. The van der Waals surface area contributed by atoms with Gasteiger partial charge < -0.3 is 10.1 Å². The van der Waals surface area contributed by atoms with Crippen LogP contribution >= 0.6 is 0 Å². The first-order valence-electron chi connectivity index (χ1n) is 6.89. The van der Waals surface area contributed by atoms with Crippen LogP contribution in [-0.4, -0.2) is 23.5 Å². The van der Waals surface area contributed by atoms with E-state index < -0.39 is 5.60 Å². The molecule has 0 heterocycles. The van der Waals surface area contributed by atoms with Crippen LogP contribution in [0.15, 0.2) is 0 Å². The lowest BCUT2D eigenvalue weighted by Crippen LogP contribution is -2.31. The normalized spacial score (nSPS) is 20.8. The van der Waals surface area contributed by atoms with Crippen molar-refractivity contribution in [3.63, 3.8) is 0 Å². The van der Waals surface area contributed by atoms with Crippen molar-refractivity contribution in [1.29, 1.82) is 0 Å². The van der Waals surface area contributed by atoms with Gasteiger partial charge in [-0.15, -0.1) is 0 Å². The molecule has 1 amide bonds. The Morgan fingerprint density at radius 1 is 1.05 bits per heavy atom. The first-order chi connectivity index (χ1) is 8.38. The molecule has 1 saturated carbocycles. The molecule has 19 heavy (non-hydrogen) atoms. The molecule has 110 valence electrons. The molecule has 1 rings (SSSR count). The second kappa shape index (κ2) is 4.80. The standard InChI is InChI=1S/C15H27NO3/c1-13(2,3)19-11(18)9-8-10(17)16-12-14(4,5)15(12,6)7/h12H,8-9H2,1-7H3,(H,16,17). The Kier molecular flexibility index (Phi) is 4.04. The summed E-state index contributed by atoms with van der Waals surface area (Å²) in [5.74, 6) is -0.397. The third-order valence-corrected chi connectivity index (χ3v) is 4.30. The minimum absolute atomic E-state index is 0.0745. The molecule has 0 saturated heterocycles. The van der Waals surface area contributed by atoms with Gasteiger partial charge in [-0.25, -0.2) is 0 Å². The van der Waals surface area contributed by atoms with E-state index in [0.717, 1.165) is 0 Å². The molecule has 0 aromatic heterocycles. The zero-order valence-corrected chi connectivity index (χ0v) is 13.2. The zero-order valence-electron chi connectivity index (χ0n) is 13.2. The molecule has 4 nitrogen and oxygen atoms in total. The van der Waals surface area contributed by atoms with Crippen LogP contribution in [0.3, 0.4) is 0 Å². The zero-order chi connectivity index (χ0) is 15.1. The van der Waals surface area contributed by atoms with Gasteiger partial charge in [-0.2, -0.15) is 0 Å². The summed E-state index contributed by atoms with van der Waals surface area (Å²) in [6.07, 6.45) is 0.328. The lowest BCUT2D eigenvalue weighted by molar-refractivity contribution is -0.155. The van der Waals surface area contributed by atoms with Gasteiger partial charge in [0.2, 0.25) is 5.91 Å². The first-order valence-corrected chi connectivity index (χ1v) is 6.89. The molecular weight excluding hydrogens is 242 g/mol. The smallest absolute Gasteiger partial charge is 0.306 e. The number of esters is 1. The summed E-state index contributed by atoms with van der Waals surface area (Å²) in [5.41, 5.74) is -0.253. The third-order valence-electron chi connectivity index (χ3n) is 4.30. The average molecular weight is 269 g/mol. The van der Waals surface area contributed by atoms with Crippen LogP contribution in [0.5, 0.6) is 0 Å². The van der Waals surface area contributed by atoms with Gasteiger partial charge in [-0.3, -0.25) is 9.59 Å². The molecule has 0 radical (unpaired) electrons. The lowest BCUT2D eigenvalue weighted by Gasteiger charge is -2.19. The summed E-state index contributed by atoms with van der Waals surface area (Å²) in [6, 6.07) is 0.186. The van der Waals surface area contributed by atoms with Crippen molar-refractivity contribution in [2.75, 3.05) is 0 Å². The van der Waals surface area contributed by atoms with Crippen LogP contribution in [0.25, 0.3) is 0 Å². The predicted octanol–water partition coefficient (Wildman–Crippen LogP) is 2.66. The number of ether oxygens (including phenoxy) is 1. The molecule has 0 atom stereocenters. The van der Waals surface area contributed by atoms with E-state index in [1.165, 1.54) is 0 Å². The van der Waals surface area contributed by atoms with Crippen LogP contribution in [0, 0.1) is 10.8 Å². The monoisotopic (exact) mass is 269 g/mol. The molecular formula is C15H27NO3. The number of carbonyl (C=O) groups is 2. The minimum atomic E-state index is -0.492. The summed E-state index contributed by atoms with van der Waals surface area (Å²) in [5, 5.41) is 3.01. The van der Waals surface area contributed by atoms with Crippen molar-refractivity contribution in [1.82, 2.24) is 5.32 Å². The SMILES string of the molecule is CC(C)(C)OC(=O)CCC(=O)NC1C(C)(C)C1(C)C. The number of rotatable bonds is 4. The maximum atomic E-state index is 11.8. The van der Waals surface area contributed by atoms with Crippen LogP contribution in [0.2, 0.25) is 0 Å². The van der Waals surface area contributed by atoms with Gasteiger partial charge in [0.1, 0.15) is 5.60 Å². The van der Waals surface area contributed by atoms with Gasteiger partial charge in [-0.05, 0) is 31.6 Å². The molecule has 1 aliphatic carbocycles. The van der Waals surface area contributed by atoms with Gasteiger partial charge in [0.25, 0.3) is 0 Å².